The molecule has 0 saturated heterocycles. The average molecular weight is 279 g/mol. The van der Waals surface area contributed by atoms with Crippen molar-refractivity contribution in [1.82, 2.24) is 5.32 Å². The summed E-state index contributed by atoms with van der Waals surface area (Å²) in [5, 5.41) is 3.47. The van der Waals surface area contributed by atoms with Gasteiger partial charge in [-0.15, -0.1) is 0 Å². The zero-order chi connectivity index (χ0) is 14.8. The number of hydrogen-bond acceptors (Lipinski definition) is 3. The highest BCUT2D eigenvalue weighted by Crippen LogP contribution is 2.25. The molecule has 0 fully saturated rings. The Kier molecular flexibility index (Phi) is 7.82. The Labute approximate surface area is 123 Å². The van der Waals surface area contributed by atoms with Crippen molar-refractivity contribution in [2.24, 2.45) is 0 Å². The standard InChI is InChI=1S/C17H29NO2/c1-17(2,20-4)11-10-16(14-18-12-13-19-3)15-8-6-5-7-9-15/h5-9,16,18H,10-14H2,1-4H3. The maximum Gasteiger partial charge on any atom is 0.0623 e. The fraction of sp³-hybridized carbons (Fsp3) is 0.647. The molecule has 0 aliphatic carbocycles. The van der Waals surface area contributed by atoms with Crippen LogP contribution in [0.15, 0.2) is 30.3 Å². The quantitative estimate of drug-likeness (QED) is 0.667. The van der Waals surface area contributed by atoms with E-state index in [1.54, 1.807) is 14.2 Å². The molecule has 1 N–H and O–H groups in total. The molecule has 0 heterocycles. The molecule has 0 bridgehead atoms. The van der Waals surface area contributed by atoms with Gasteiger partial charge in [0, 0.05) is 27.3 Å². The Balaban J connectivity index is 2.55. The summed E-state index contributed by atoms with van der Waals surface area (Å²) in [7, 11) is 3.52. The molecule has 1 atom stereocenters. The molecule has 3 nitrogen and oxygen atoms in total. The molecule has 1 aromatic rings. The number of benzene rings is 1. The van der Waals surface area contributed by atoms with E-state index >= 15 is 0 Å². The van der Waals surface area contributed by atoms with E-state index in [0.717, 1.165) is 32.5 Å². The van der Waals surface area contributed by atoms with Gasteiger partial charge in [0.25, 0.3) is 0 Å². The van der Waals surface area contributed by atoms with Crippen LogP contribution in [0.5, 0.6) is 0 Å². The third-order valence-electron chi connectivity index (χ3n) is 3.79. The zero-order valence-corrected chi connectivity index (χ0v) is 13.3. The minimum atomic E-state index is -0.0560. The number of methoxy groups -OCH3 is 2. The van der Waals surface area contributed by atoms with Crippen molar-refractivity contribution >= 4 is 0 Å². The van der Waals surface area contributed by atoms with E-state index in [0.29, 0.717) is 5.92 Å². The van der Waals surface area contributed by atoms with Gasteiger partial charge in [-0.2, -0.15) is 0 Å². The van der Waals surface area contributed by atoms with Crippen molar-refractivity contribution in [3.05, 3.63) is 35.9 Å². The van der Waals surface area contributed by atoms with Crippen molar-refractivity contribution < 1.29 is 9.47 Å². The highest BCUT2D eigenvalue weighted by molar-refractivity contribution is 5.19. The predicted molar refractivity (Wildman–Crippen MR) is 84.3 cm³/mol. The average Bonchev–Trinajstić information content (AvgIpc) is 2.47. The second kappa shape index (κ2) is 9.11. The normalized spacial score (nSPS) is 13.4. The van der Waals surface area contributed by atoms with E-state index in [9.17, 15) is 0 Å². The molecule has 1 aromatic carbocycles. The van der Waals surface area contributed by atoms with Gasteiger partial charge in [0.05, 0.1) is 12.2 Å². The second-order valence-corrected chi connectivity index (χ2v) is 5.81. The third-order valence-corrected chi connectivity index (χ3v) is 3.79. The molecule has 0 spiro atoms. The highest BCUT2D eigenvalue weighted by atomic mass is 16.5. The largest absolute Gasteiger partial charge is 0.383 e. The van der Waals surface area contributed by atoms with Crippen molar-refractivity contribution in [3.63, 3.8) is 0 Å². The van der Waals surface area contributed by atoms with Crippen LogP contribution in [-0.2, 0) is 9.47 Å². The fourth-order valence-electron chi connectivity index (χ4n) is 2.19. The van der Waals surface area contributed by atoms with Gasteiger partial charge in [-0.05, 0) is 38.2 Å². The van der Waals surface area contributed by atoms with Crippen LogP contribution < -0.4 is 5.32 Å². The first-order chi connectivity index (χ1) is 9.59. The molecule has 20 heavy (non-hydrogen) atoms. The summed E-state index contributed by atoms with van der Waals surface area (Å²) in [6, 6.07) is 10.7. The molecular formula is C17H29NO2. The van der Waals surface area contributed by atoms with Crippen LogP contribution in [0.3, 0.4) is 0 Å². The maximum absolute atomic E-state index is 5.53. The molecule has 0 aliphatic rings. The number of ether oxygens (including phenoxy) is 2. The molecule has 3 heteroatoms. The van der Waals surface area contributed by atoms with Crippen LogP contribution in [0.25, 0.3) is 0 Å². The van der Waals surface area contributed by atoms with E-state index in [-0.39, 0.29) is 5.60 Å². The SMILES string of the molecule is COCCNCC(CCC(C)(C)OC)c1ccccc1. The van der Waals surface area contributed by atoms with E-state index in [1.807, 2.05) is 0 Å². The Bertz CT molecular complexity index is 351. The first kappa shape index (κ1) is 17.2. The van der Waals surface area contributed by atoms with Gasteiger partial charge < -0.3 is 14.8 Å². The topological polar surface area (TPSA) is 30.5 Å². The van der Waals surface area contributed by atoms with Crippen molar-refractivity contribution in [2.45, 2.75) is 38.2 Å². The van der Waals surface area contributed by atoms with Crippen molar-refractivity contribution in [3.8, 4) is 0 Å². The summed E-state index contributed by atoms with van der Waals surface area (Å²) in [6.07, 6.45) is 2.17. The van der Waals surface area contributed by atoms with E-state index < -0.39 is 0 Å². The van der Waals surface area contributed by atoms with Crippen LogP contribution in [0.4, 0.5) is 0 Å². The fourth-order valence-corrected chi connectivity index (χ4v) is 2.19. The number of rotatable bonds is 10. The Morgan fingerprint density at radius 1 is 1.15 bits per heavy atom. The second-order valence-electron chi connectivity index (χ2n) is 5.81. The van der Waals surface area contributed by atoms with Gasteiger partial charge in [0.15, 0.2) is 0 Å². The summed E-state index contributed by atoms with van der Waals surface area (Å²) in [4.78, 5) is 0. The Morgan fingerprint density at radius 3 is 2.45 bits per heavy atom. The summed E-state index contributed by atoms with van der Waals surface area (Å²) in [5.74, 6) is 0.516. The molecule has 0 radical (unpaired) electrons. The van der Waals surface area contributed by atoms with Gasteiger partial charge in [-0.3, -0.25) is 0 Å². The van der Waals surface area contributed by atoms with Gasteiger partial charge in [0.2, 0.25) is 0 Å². The summed E-state index contributed by atoms with van der Waals surface area (Å²) in [5.41, 5.74) is 1.34. The lowest BCUT2D eigenvalue weighted by molar-refractivity contribution is 0.0124. The monoisotopic (exact) mass is 279 g/mol. The summed E-state index contributed by atoms with van der Waals surface area (Å²) in [6.45, 7) is 6.92. The molecule has 0 aliphatic heterocycles. The summed E-state index contributed by atoms with van der Waals surface area (Å²) >= 11 is 0. The lowest BCUT2D eigenvalue weighted by atomic mass is 9.89. The minimum absolute atomic E-state index is 0.0560. The molecule has 1 rings (SSSR count). The van der Waals surface area contributed by atoms with Crippen LogP contribution >= 0.6 is 0 Å². The molecule has 0 aromatic heterocycles. The van der Waals surface area contributed by atoms with Gasteiger partial charge in [-0.1, -0.05) is 30.3 Å². The van der Waals surface area contributed by atoms with Gasteiger partial charge >= 0.3 is 0 Å². The first-order valence-corrected chi connectivity index (χ1v) is 7.39. The van der Waals surface area contributed by atoms with E-state index in [1.165, 1.54) is 5.56 Å². The zero-order valence-electron chi connectivity index (χ0n) is 13.3. The Hall–Kier alpha value is -0.900. The minimum Gasteiger partial charge on any atom is -0.383 e. The van der Waals surface area contributed by atoms with Crippen LogP contribution in [0.1, 0.15) is 38.2 Å². The van der Waals surface area contributed by atoms with Crippen molar-refractivity contribution in [1.29, 1.82) is 0 Å². The van der Waals surface area contributed by atoms with Gasteiger partial charge in [0.1, 0.15) is 0 Å². The molecule has 0 saturated carbocycles. The lowest BCUT2D eigenvalue weighted by Gasteiger charge is -2.26. The molecule has 0 amide bonds. The summed E-state index contributed by atoms with van der Waals surface area (Å²) < 4.78 is 10.6. The van der Waals surface area contributed by atoms with Crippen LogP contribution in [-0.4, -0.2) is 39.5 Å². The van der Waals surface area contributed by atoms with Crippen LogP contribution in [0.2, 0.25) is 0 Å². The molecule has 1 unspecified atom stereocenters. The first-order valence-electron chi connectivity index (χ1n) is 7.39. The molecule has 114 valence electrons. The third kappa shape index (κ3) is 6.51. The number of nitrogens with one attached hydrogen (secondary N) is 1. The predicted octanol–water partition coefficient (Wildman–Crippen LogP) is 3.21. The van der Waals surface area contributed by atoms with Crippen LogP contribution in [0, 0.1) is 0 Å². The van der Waals surface area contributed by atoms with E-state index in [4.69, 9.17) is 9.47 Å². The molecular weight excluding hydrogens is 250 g/mol. The Morgan fingerprint density at radius 2 is 1.85 bits per heavy atom. The lowest BCUT2D eigenvalue weighted by Crippen LogP contribution is -2.28. The van der Waals surface area contributed by atoms with Gasteiger partial charge in [-0.25, -0.2) is 0 Å². The smallest absolute Gasteiger partial charge is 0.0623 e. The number of hydrogen-bond donors (Lipinski definition) is 1. The van der Waals surface area contributed by atoms with Crippen molar-refractivity contribution in [2.75, 3.05) is 33.9 Å². The highest BCUT2D eigenvalue weighted by Gasteiger charge is 2.20. The van der Waals surface area contributed by atoms with E-state index in [2.05, 4.69) is 49.5 Å². The maximum atomic E-state index is 5.53.